The van der Waals surface area contributed by atoms with Crippen molar-refractivity contribution in [2.24, 2.45) is 0 Å². The molecule has 1 atom stereocenters. The first-order valence-electron chi connectivity index (χ1n) is 8.03. The standard InChI is InChI=1S/C18H19FN2O3S2/c1-21(26(2,23)24)16-6-4-3-5-13(16)18(22)20-15-9-10-25-17-8-7-12(19)11-14(15)17/h3-8,11,15H,9-10H2,1-2H3,(H,20,22)/t15-/m1/s1. The van der Waals surface area contributed by atoms with Gasteiger partial charge < -0.3 is 5.32 Å². The van der Waals surface area contributed by atoms with Crippen molar-refractivity contribution >= 4 is 33.4 Å². The van der Waals surface area contributed by atoms with E-state index in [0.717, 1.165) is 26.8 Å². The summed E-state index contributed by atoms with van der Waals surface area (Å²) in [6.07, 6.45) is 1.76. The zero-order chi connectivity index (χ0) is 18.9. The molecule has 0 spiro atoms. The number of hydrogen-bond acceptors (Lipinski definition) is 4. The Morgan fingerprint density at radius 1 is 1.27 bits per heavy atom. The van der Waals surface area contributed by atoms with Gasteiger partial charge in [-0.3, -0.25) is 9.10 Å². The lowest BCUT2D eigenvalue weighted by molar-refractivity contribution is 0.0935. The summed E-state index contributed by atoms with van der Waals surface area (Å²) in [5, 5.41) is 2.92. The predicted octanol–water partition coefficient (Wildman–Crippen LogP) is 3.19. The van der Waals surface area contributed by atoms with Crippen LogP contribution in [0.4, 0.5) is 10.1 Å². The second-order valence-corrected chi connectivity index (χ2v) is 9.24. The molecule has 0 fully saturated rings. The maximum atomic E-state index is 13.6. The zero-order valence-corrected chi connectivity index (χ0v) is 16.0. The number of benzene rings is 2. The summed E-state index contributed by atoms with van der Waals surface area (Å²) in [4.78, 5) is 13.8. The second kappa shape index (κ2) is 7.28. The Morgan fingerprint density at radius 2 is 2.00 bits per heavy atom. The SMILES string of the molecule is CN(c1ccccc1C(=O)N[C@@H]1CCSc2ccc(F)cc21)S(C)(=O)=O. The van der Waals surface area contributed by atoms with E-state index in [1.54, 1.807) is 42.1 Å². The van der Waals surface area contributed by atoms with E-state index < -0.39 is 10.0 Å². The Balaban J connectivity index is 1.90. The minimum absolute atomic E-state index is 0.261. The van der Waals surface area contributed by atoms with E-state index >= 15 is 0 Å². The van der Waals surface area contributed by atoms with Crippen molar-refractivity contribution in [1.29, 1.82) is 0 Å². The molecule has 0 unspecified atom stereocenters. The van der Waals surface area contributed by atoms with Gasteiger partial charge in [-0.25, -0.2) is 12.8 Å². The van der Waals surface area contributed by atoms with Crippen LogP contribution in [0.1, 0.15) is 28.4 Å². The van der Waals surface area contributed by atoms with Crippen LogP contribution in [0.25, 0.3) is 0 Å². The molecule has 0 aromatic heterocycles. The number of thioether (sulfide) groups is 1. The van der Waals surface area contributed by atoms with E-state index in [4.69, 9.17) is 0 Å². The van der Waals surface area contributed by atoms with Crippen molar-refractivity contribution < 1.29 is 17.6 Å². The molecule has 3 rings (SSSR count). The maximum absolute atomic E-state index is 13.6. The number of hydrogen-bond donors (Lipinski definition) is 1. The number of anilines is 1. The fraction of sp³-hybridized carbons (Fsp3) is 0.278. The van der Waals surface area contributed by atoms with E-state index in [9.17, 15) is 17.6 Å². The molecule has 0 bridgehead atoms. The number of sulfonamides is 1. The molecule has 5 nitrogen and oxygen atoms in total. The van der Waals surface area contributed by atoms with E-state index in [0.29, 0.717) is 12.1 Å². The zero-order valence-electron chi connectivity index (χ0n) is 14.4. The number of rotatable bonds is 4. The van der Waals surface area contributed by atoms with Crippen LogP contribution in [0, 0.1) is 5.82 Å². The van der Waals surface area contributed by atoms with Crippen LogP contribution in [-0.4, -0.2) is 33.4 Å². The van der Waals surface area contributed by atoms with Crippen LogP contribution in [-0.2, 0) is 10.0 Å². The maximum Gasteiger partial charge on any atom is 0.253 e. The molecule has 2 aromatic rings. The molecule has 1 N–H and O–H groups in total. The highest BCUT2D eigenvalue weighted by molar-refractivity contribution is 7.99. The van der Waals surface area contributed by atoms with E-state index in [2.05, 4.69) is 5.32 Å². The monoisotopic (exact) mass is 394 g/mol. The molecule has 1 heterocycles. The number of halogens is 1. The largest absolute Gasteiger partial charge is 0.345 e. The molecule has 26 heavy (non-hydrogen) atoms. The highest BCUT2D eigenvalue weighted by atomic mass is 32.2. The number of amides is 1. The topological polar surface area (TPSA) is 66.5 Å². The van der Waals surface area contributed by atoms with E-state index in [1.807, 2.05) is 0 Å². The van der Waals surface area contributed by atoms with Gasteiger partial charge in [0, 0.05) is 17.7 Å². The summed E-state index contributed by atoms with van der Waals surface area (Å²) in [7, 11) is -2.09. The molecule has 1 aliphatic heterocycles. The smallest absolute Gasteiger partial charge is 0.253 e. The number of para-hydroxylation sites is 1. The molecule has 138 valence electrons. The quantitative estimate of drug-likeness (QED) is 0.865. The first-order valence-corrected chi connectivity index (χ1v) is 10.9. The van der Waals surface area contributed by atoms with Crippen molar-refractivity contribution in [3.63, 3.8) is 0 Å². The first-order chi connectivity index (χ1) is 12.3. The first kappa shape index (κ1) is 18.7. The number of fused-ring (bicyclic) bond motifs is 1. The Bertz CT molecular complexity index is 947. The highest BCUT2D eigenvalue weighted by Crippen LogP contribution is 2.36. The Hall–Kier alpha value is -2.06. The van der Waals surface area contributed by atoms with E-state index in [1.165, 1.54) is 19.2 Å². The van der Waals surface area contributed by atoms with Crippen LogP contribution >= 0.6 is 11.8 Å². The Kier molecular flexibility index (Phi) is 5.24. The van der Waals surface area contributed by atoms with Crippen LogP contribution in [0.3, 0.4) is 0 Å². The van der Waals surface area contributed by atoms with Gasteiger partial charge in [0.15, 0.2) is 0 Å². The summed E-state index contributed by atoms with van der Waals surface area (Å²) in [6.45, 7) is 0. The average molecular weight is 394 g/mol. The van der Waals surface area contributed by atoms with Crippen molar-refractivity contribution in [2.45, 2.75) is 17.4 Å². The summed E-state index contributed by atoms with van der Waals surface area (Å²) < 4.78 is 38.4. The van der Waals surface area contributed by atoms with Gasteiger partial charge in [0.05, 0.1) is 23.5 Å². The molecule has 1 amide bonds. The molecule has 0 saturated carbocycles. The fourth-order valence-corrected chi connectivity index (χ4v) is 4.49. The van der Waals surface area contributed by atoms with Gasteiger partial charge in [0.1, 0.15) is 5.82 Å². The van der Waals surface area contributed by atoms with Gasteiger partial charge >= 0.3 is 0 Å². The number of carbonyl (C=O) groups is 1. The molecule has 0 radical (unpaired) electrons. The summed E-state index contributed by atoms with van der Waals surface area (Å²) in [5.74, 6) is 0.0833. The molecular formula is C18H19FN2O3S2. The Morgan fingerprint density at radius 3 is 2.73 bits per heavy atom. The summed E-state index contributed by atoms with van der Waals surface area (Å²) in [5.41, 5.74) is 1.32. The fourth-order valence-electron chi connectivity index (χ4n) is 2.87. The van der Waals surface area contributed by atoms with Gasteiger partial charge in [-0.1, -0.05) is 12.1 Å². The second-order valence-electron chi connectivity index (χ2n) is 6.09. The van der Waals surface area contributed by atoms with Crippen molar-refractivity contribution in [3.8, 4) is 0 Å². The molecule has 2 aromatic carbocycles. The molecule has 1 aliphatic rings. The normalized spacial score (nSPS) is 16.7. The van der Waals surface area contributed by atoms with Gasteiger partial charge in [-0.2, -0.15) is 0 Å². The van der Waals surface area contributed by atoms with Crippen molar-refractivity contribution in [1.82, 2.24) is 5.32 Å². The minimum atomic E-state index is -3.50. The van der Waals surface area contributed by atoms with Crippen molar-refractivity contribution in [3.05, 3.63) is 59.4 Å². The van der Waals surface area contributed by atoms with Gasteiger partial charge in [0.2, 0.25) is 10.0 Å². The molecule has 0 saturated heterocycles. The van der Waals surface area contributed by atoms with Gasteiger partial charge in [0.25, 0.3) is 5.91 Å². The van der Waals surface area contributed by atoms with E-state index in [-0.39, 0.29) is 23.3 Å². The van der Waals surface area contributed by atoms with Crippen LogP contribution < -0.4 is 9.62 Å². The molecule has 0 aliphatic carbocycles. The average Bonchev–Trinajstić information content (AvgIpc) is 2.60. The number of nitrogens with one attached hydrogen (secondary N) is 1. The summed E-state index contributed by atoms with van der Waals surface area (Å²) >= 11 is 1.63. The van der Waals surface area contributed by atoms with Crippen molar-refractivity contribution in [2.75, 3.05) is 23.4 Å². The van der Waals surface area contributed by atoms with Crippen LogP contribution in [0.5, 0.6) is 0 Å². The third-order valence-corrected chi connectivity index (χ3v) is 6.62. The van der Waals surface area contributed by atoms with Gasteiger partial charge in [-0.15, -0.1) is 11.8 Å². The highest BCUT2D eigenvalue weighted by Gasteiger charge is 2.25. The van der Waals surface area contributed by atoms with Crippen LogP contribution in [0.2, 0.25) is 0 Å². The number of nitrogens with zero attached hydrogens (tertiary/aromatic N) is 1. The van der Waals surface area contributed by atoms with Crippen LogP contribution in [0.15, 0.2) is 47.4 Å². The number of carbonyl (C=O) groups excluding carboxylic acids is 1. The third-order valence-electron chi connectivity index (χ3n) is 4.30. The lowest BCUT2D eigenvalue weighted by Gasteiger charge is -2.27. The predicted molar refractivity (Wildman–Crippen MR) is 102 cm³/mol. The molecular weight excluding hydrogens is 375 g/mol. The lowest BCUT2D eigenvalue weighted by Crippen LogP contribution is -2.33. The molecule has 8 heteroatoms. The lowest BCUT2D eigenvalue weighted by atomic mass is 10.0. The minimum Gasteiger partial charge on any atom is -0.345 e. The summed E-state index contributed by atoms with van der Waals surface area (Å²) in [6, 6.07) is 10.8. The third kappa shape index (κ3) is 3.86. The Labute approximate surface area is 156 Å². The van der Waals surface area contributed by atoms with Gasteiger partial charge in [-0.05, 0) is 42.3 Å².